The van der Waals surface area contributed by atoms with Crippen LogP contribution >= 0.6 is 0 Å². The van der Waals surface area contributed by atoms with Gasteiger partial charge in [0.15, 0.2) is 0 Å². The van der Waals surface area contributed by atoms with Gasteiger partial charge in [0.2, 0.25) is 0 Å². The summed E-state index contributed by atoms with van der Waals surface area (Å²) < 4.78 is 0. The van der Waals surface area contributed by atoms with Crippen LogP contribution in [0.15, 0.2) is 0 Å². The number of hydrogen-bond donors (Lipinski definition) is 1. The van der Waals surface area contributed by atoms with Gasteiger partial charge in [-0.05, 0) is 18.9 Å². The van der Waals surface area contributed by atoms with Crippen LogP contribution in [0.4, 0.5) is 0 Å². The third-order valence-electron chi connectivity index (χ3n) is 3.97. The molecule has 2 aliphatic rings. The van der Waals surface area contributed by atoms with Gasteiger partial charge in [-0.25, -0.2) is 0 Å². The molecule has 1 heteroatoms. The van der Waals surface area contributed by atoms with E-state index in [1.54, 1.807) is 25.7 Å². The first-order valence-corrected chi connectivity index (χ1v) is 6.54. The minimum Gasteiger partial charge on any atom is -0.333 e. The summed E-state index contributed by atoms with van der Waals surface area (Å²) in [6, 6.07) is 0. The average molecular weight is 197 g/mol. The summed E-state index contributed by atoms with van der Waals surface area (Å²) in [5.41, 5.74) is 4.50. The smallest absolute Gasteiger partial charge is 0.0195 e. The van der Waals surface area contributed by atoms with E-state index in [9.17, 15) is 0 Å². The minimum atomic E-state index is 1.14. The molecule has 0 saturated heterocycles. The summed E-state index contributed by atoms with van der Waals surface area (Å²) in [6.07, 6.45) is 15.4. The third kappa shape index (κ3) is 3.61. The van der Waals surface area contributed by atoms with Crippen molar-refractivity contribution in [2.75, 3.05) is 7.05 Å². The summed E-state index contributed by atoms with van der Waals surface area (Å²) in [5, 5.41) is 0. The molecule has 2 aliphatic carbocycles. The molecule has 0 radical (unpaired) electrons. The Bertz CT molecular complexity index is 105. The van der Waals surface area contributed by atoms with E-state index in [0.717, 1.165) is 11.8 Å². The Kier molecular flexibility index (Phi) is 6.25. The van der Waals surface area contributed by atoms with E-state index < -0.39 is 0 Å². The van der Waals surface area contributed by atoms with Crippen LogP contribution in [0, 0.1) is 11.8 Å². The summed E-state index contributed by atoms with van der Waals surface area (Å²) in [7, 11) is 1.50. The molecular formula is C13H27N. The fraction of sp³-hybridized carbons (Fsp3) is 1.00. The Morgan fingerprint density at radius 2 is 0.857 bits per heavy atom. The fourth-order valence-corrected chi connectivity index (χ4v) is 3.21. The molecule has 2 N–H and O–H groups in total. The normalized spacial score (nSPS) is 25.3. The van der Waals surface area contributed by atoms with Crippen molar-refractivity contribution in [3.8, 4) is 0 Å². The predicted octanol–water partition coefficient (Wildman–Crippen LogP) is 3.72. The lowest BCUT2D eigenvalue weighted by Gasteiger charge is -2.32. The second-order valence-corrected chi connectivity index (χ2v) is 4.80. The van der Waals surface area contributed by atoms with Crippen LogP contribution in [0.25, 0.3) is 0 Å². The molecule has 0 spiro atoms. The van der Waals surface area contributed by atoms with Crippen molar-refractivity contribution in [3.63, 3.8) is 0 Å². The molecular weight excluding hydrogens is 170 g/mol. The predicted molar refractivity (Wildman–Crippen MR) is 63.3 cm³/mol. The Labute approximate surface area is 89.5 Å². The molecule has 0 atom stereocenters. The zero-order valence-corrected chi connectivity index (χ0v) is 9.80. The summed E-state index contributed by atoms with van der Waals surface area (Å²) in [5.74, 6) is 2.28. The lowest BCUT2D eigenvalue weighted by molar-refractivity contribution is 0.196. The van der Waals surface area contributed by atoms with Crippen LogP contribution in [-0.2, 0) is 0 Å². The Morgan fingerprint density at radius 3 is 1.14 bits per heavy atom. The number of hydrogen-bond acceptors (Lipinski definition) is 1. The topological polar surface area (TPSA) is 26.0 Å². The highest BCUT2D eigenvalue weighted by Crippen LogP contribution is 2.37. The van der Waals surface area contributed by atoms with E-state index in [-0.39, 0.29) is 0 Å². The quantitative estimate of drug-likeness (QED) is 0.681. The molecule has 0 aromatic carbocycles. The van der Waals surface area contributed by atoms with Crippen LogP contribution in [0.5, 0.6) is 0 Å². The number of rotatable bonds is 1. The van der Waals surface area contributed by atoms with Gasteiger partial charge in [0.1, 0.15) is 0 Å². The lowest BCUT2D eigenvalue weighted by atomic mass is 9.73. The Hall–Kier alpha value is -0.0400. The first-order valence-electron chi connectivity index (χ1n) is 6.54. The second kappa shape index (κ2) is 7.28. The maximum atomic E-state index is 4.50. The van der Waals surface area contributed by atoms with Gasteiger partial charge in [-0.1, -0.05) is 64.2 Å². The molecule has 2 saturated carbocycles. The monoisotopic (exact) mass is 197 g/mol. The summed E-state index contributed by atoms with van der Waals surface area (Å²) in [4.78, 5) is 0. The molecule has 0 unspecified atom stereocenters. The molecule has 1 nitrogen and oxygen atoms in total. The van der Waals surface area contributed by atoms with Gasteiger partial charge in [0.05, 0.1) is 0 Å². The molecule has 0 amide bonds. The highest BCUT2D eigenvalue weighted by atomic mass is 14.4. The first kappa shape index (κ1) is 12.0. The second-order valence-electron chi connectivity index (χ2n) is 4.80. The highest BCUT2D eigenvalue weighted by Gasteiger charge is 2.24. The van der Waals surface area contributed by atoms with Crippen LogP contribution < -0.4 is 5.73 Å². The third-order valence-corrected chi connectivity index (χ3v) is 3.97. The van der Waals surface area contributed by atoms with Gasteiger partial charge < -0.3 is 5.73 Å². The van der Waals surface area contributed by atoms with Crippen molar-refractivity contribution in [1.82, 2.24) is 0 Å². The Morgan fingerprint density at radius 1 is 0.571 bits per heavy atom. The largest absolute Gasteiger partial charge is 0.333 e. The SMILES string of the molecule is C1CCC(C2CCCCC2)CC1.CN. The average Bonchev–Trinajstić information content (AvgIpc) is 2.34. The molecule has 0 aromatic rings. The lowest BCUT2D eigenvalue weighted by Crippen LogP contribution is -2.20. The number of nitrogens with two attached hydrogens (primary N) is 1. The van der Waals surface area contributed by atoms with Crippen LogP contribution in [0.1, 0.15) is 64.2 Å². The molecule has 14 heavy (non-hydrogen) atoms. The van der Waals surface area contributed by atoms with Crippen LogP contribution in [-0.4, -0.2) is 7.05 Å². The maximum absolute atomic E-state index is 4.50. The van der Waals surface area contributed by atoms with Gasteiger partial charge in [-0.2, -0.15) is 0 Å². The molecule has 0 aromatic heterocycles. The molecule has 0 aliphatic heterocycles. The zero-order chi connectivity index (χ0) is 10.2. The molecule has 84 valence electrons. The van der Waals surface area contributed by atoms with Crippen molar-refractivity contribution in [2.45, 2.75) is 64.2 Å². The highest BCUT2D eigenvalue weighted by molar-refractivity contribution is 4.76. The van der Waals surface area contributed by atoms with Gasteiger partial charge in [0, 0.05) is 0 Å². The Balaban J connectivity index is 0.000000461. The first-order chi connectivity index (χ1) is 6.97. The van der Waals surface area contributed by atoms with Crippen LogP contribution in [0.2, 0.25) is 0 Å². The van der Waals surface area contributed by atoms with Crippen molar-refractivity contribution in [3.05, 3.63) is 0 Å². The van der Waals surface area contributed by atoms with E-state index in [2.05, 4.69) is 5.73 Å². The van der Waals surface area contributed by atoms with E-state index in [4.69, 9.17) is 0 Å². The van der Waals surface area contributed by atoms with Crippen molar-refractivity contribution >= 4 is 0 Å². The van der Waals surface area contributed by atoms with Gasteiger partial charge in [-0.3, -0.25) is 0 Å². The van der Waals surface area contributed by atoms with E-state index in [0.29, 0.717) is 0 Å². The summed E-state index contributed by atoms with van der Waals surface area (Å²) in [6.45, 7) is 0. The van der Waals surface area contributed by atoms with Gasteiger partial charge >= 0.3 is 0 Å². The van der Waals surface area contributed by atoms with Crippen molar-refractivity contribution < 1.29 is 0 Å². The molecule has 0 bridgehead atoms. The minimum absolute atomic E-state index is 1.14. The van der Waals surface area contributed by atoms with E-state index in [1.807, 2.05) is 0 Å². The molecule has 0 heterocycles. The molecule has 2 fully saturated rings. The van der Waals surface area contributed by atoms with E-state index in [1.165, 1.54) is 45.6 Å². The van der Waals surface area contributed by atoms with Gasteiger partial charge in [-0.15, -0.1) is 0 Å². The van der Waals surface area contributed by atoms with Crippen molar-refractivity contribution in [1.29, 1.82) is 0 Å². The fourth-order valence-electron chi connectivity index (χ4n) is 3.21. The summed E-state index contributed by atoms with van der Waals surface area (Å²) >= 11 is 0. The van der Waals surface area contributed by atoms with Gasteiger partial charge in [0.25, 0.3) is 0 Å². The van der Waals surface area contributed by atoms with Crippen molar-refractivity contribution in [2.24, 2.45) is 17.6 Å². The van der Waals surface area contributed by atoms with Crippen LogP contribution in [0.3, 0.4) is 0 Å². The zero-order valence-electron chi connectivity index (χ0n) is 9.80. The van der Waals surface area contributed by atoms with E-state index >= 15 is 0 Å². The standard InChI is InChI=1S/C12H22.CH5N/c1-3-7-11(8-4-1)12-9-5-2-6-10-12;1-2/h11-12H,1-10H2;2H2,1H3. The molecule has 2 rings (SSSR count). The maximum Gasteiger partial charge on any atom is -0.0195 e.